The Kier molecular flexibility index (Phi) is 4.84. The van der Waals surface area contributed by atoms with Crippen LogP contribution in [-0.4, -0.2) is 4.99 Å². The lowest BCUT2D eigenvalue weighted by molar-refractivity contribution is 1.49. The van der Waals surface area contributed by atoms with E-state index in [0.717, 1.165) is 25.9 Å². The first kappa shape index (κ1) is 14.8. The Balaban J connectivity index is 2.34. The summed E-state index contributed by atoms with van der Waals surface area (Å²) in [5.41, 5.74) is 8.20. The smallest absolute Gasteiger partial charge is 0.104 e. The Morgan fingerprint density at radius 3 is 2.53 bits per heavy atom. The first-order valence-corrected chi connectivity index (χ1v) is 7.66. The summed E-state index contributed by atoms with van der Waals surface area (Å²) in [6, 6.07) is 11.3. The first-order valence-electron chi connectivity index (χ1n) is 5.29. The molecule has 0 saturated heterocycles. The van der Waals surface area contributed by atoms with Crippen LogP contribution in [0.4, 0.5) is 11.4 Å². The van der Waals surface area contributed by atoms with E-state index in [2.05, 4.69) is 37.2 Å². The second kappa shape index (κ2) is 6.22. The van der Waals surface area contributed by atoms with Crippen molar-refractivity contribution in [3.05, 3.63) is 55.9 Å². The van der Waals surface area contributed by atoms with Gasteiger partial charge in [-0.2, -0.15) is 0 Å². The van der Waals surface area contributed by atoms with Gasteiger partial charge in [0.05, 0.1) is 20.9 Å². The van der Waals surface area contributed by atoms with E-state index in [0.29, 0.717) is 10.0 Å². The molecule has 0 fully saturated rings. The van der Waals surface area contributed by atoms with Crippen LogP contribution in [0.2, 0.25) is 5.02 Å². The van der Waals surface area contributed by atoms with Crippen molar-refractivity contribution >= 4 is 72.0 Å². The molecule has 6 heteroatoms. The number of anilines is 2. The molecule has 0 aliphatic carbocycles. The molecule has 0 atom stereocenters. The number of nitrogens with two attached hydrogens (primary N) is 1. The van der Waals surface area contributed by atoms with Crippen LogP contribution in [0.1, 0.15) is 5.56 Å². The van der Waals surface area contributed by atoms with Gasteiger partial charge in [0.25, 0.3) is 0 Å². The predicted molar refractivity (Wildman–Crippen MR) is 92.5 cm³/mol. The van der Waals surface area contributed by atoms with Gasteiger partial charge >= 0.3 is 0 Å². The Morgan fingerprint density at radius 2 is 1.89 bits per heavy atom. The quantitative estimate of drug-likeness (QED) is 0.667. The molecule has 0 heterocycles. The highest BCUT2D eigenvalue weighted by atomic mass is 79.9. The van der Waals surface area contributed by atoms with Gasteiger partial charge in [0.2, 0.25) is 0 Å². The van der Waals surface area contributed by atoms with Crippen molar-refractivity contribution in [2.75, 3.05) is 5.32 Å². The summed E-state index contributed by atoms with van der Waals surface area (Å²) < 4.78 is 1.70. The van der Waals surface area contributed by atoms with Crippen LogP contribution in [-0.2, 0) is 0 Å². The number of rotatable bonds is 3. The topological polar surface area (TPSA) is 38.0 Å². The first-order chi connectivity index (χ1) is 8.99. The lowest BCUT2D eigenvalue weighted by Crippen LogP contribution is -2.09. The summed E-state index contributed by atoms with van der Waals surface area (Å²) in [7, 11) is 0. The molecule has 0 aromatic heterocycles. The largest absolute Gasteiger partial charge is 0.389 e. The van der Waals surface area contributed by atoms with Crippen molar-refractivity contribution in [3.8, 4) is 0 Å². The molecule has 0 amide bonds. The van der Waals surface area contributed by atoms with E-state index in [9.17, 15) is 0 Å². The van der Waals surface area contributed by atoms with Gasteiger partial charge in [-0.3, -0.25) is 0 Å². The molecule has 0 saturated carbocycles. The number of hydrogen-bond acceptors (Lipinski definition) is 2. The summed E-state index contributed by atoms with van der Waals surface area (Å²) in [5.74, 6) is 0. The second-order valence-electron chi connectivity index (χ2n) is 3.79. The Bertz CT molecular complexity index is 647. The molecule has 0 aliphatic rings. The molecule has 0 spiro atoms. The lowest BCUT2D eigenvalue weighted by atomic mass is 10.2. The van der Waals surface area contributed by atoms with E-state index in [4.69, 9.17) is 29.6 Å². The van der Waals surface area contributed by atoms with Gasteiger partial charge < -0.3 is 11.1 Å². The van der Waals surface area contributed by atoms with Crippen LogP contribution < -0.4 is 11.1 Å². The van der Waals surface area contributed by atoms with Crippen molar-refractivity contribution < 1.29 is 0 Å². The molecule has 2 aromatic rings. The fourth-order valence-corrected chi connectivity index (χ4v) is 2.66. The van der Waals surface area contributed by atoms with E-state index in [1.54, 1.807) is 0 Å². The zero-order chi connectivity index (χ0) is 14.0. The van der Waals surface area contributed by atoms with Crippen molar-refractivity contribution in [3.63, 3.8) is 0 Å². The SMILES string of the molecule is NC(=S)c1ccc(Nc2cccc(Cl)c2Br)c(Br)c1. The van der Waals surface area contributed by atoms with Crippen molar-refractivity contribution in [1.82, 2.24) is 0 Å². The van der Waals surface area contributed by atoms with Crippen LogP contribution in [0.3, 0.4) is 0 Å². The van der Waals surface area contributed by atoms with Gasteiger partial charge in [0, 0.05) is 10.0 Å². The maximum atomic E-state index is 6.05. The summed E-state index contributed by atoms with van der Waals surface area (Å²) in [4.78, 5) is 0.371. The highest BCUT2D eigenvalue weighted by molar-refractivity contribution is 9.11. The third kappa shape index (κ3) is 3.48. The van der Waals surface area contributed by atoms with Gasteiger partial charge in [-0.05, 0) is 62.2 Å². The lowest BCUT2D eigenvalue weighted by Gasteiger charge is -2.12. The minimum Gasteiger partial charge on any atom is -0.389 e. The standard InChI is InChI=1S/C13H9Br2ClN2S/c14-8-6-7(13(17)19)4-5-10(8)18-11-3-1-2-9(16)12(11)15/h1-6,18H,(H2,17,19). The number of thiocarbonyl (C=S) groups is 1. The van der Waals surface area contributed by atoms with Gasteiger partial charge in [-0.25, -0.2) is 0 Å². The summed E-state index contributed by atoms with van der Waals surface area (Å²) in [6.45, 7) is 0. The van der Waals surface area contributed by atoms with E-state index in [-0.39, 0.29) is 0 Å². The van der Waals surface area contributed by atoms with Gasteiger partial charge in [0.1, 0.15) is 4.99 Å². The van der Waals surface area contributed by atoms with Crippen molar-refractivity contribution in [2.45, 2.75) is 0 Å². The molecular formula is C13H9Br2ClN2S. The number of hydrogen-bond donors (Lipinski definition) is 2. The van der Waals surface area contributed by atoms with Gasteiger partial charge in [-0.1, -0.05) is 29.9 Å². The molecule has 0 aliphatic heterocycles. The van der Waals surface area contributed by atoms with Gasteiger partial charge in [0.15, 0.2) is 0 Å². The number of halogens is 3. The molecule has 2 aromatic carbocycles. The van der Waals surface area contributed by atoms with E-state index in [1.807, 2.05) is 36.4 Å². The minimum atomic E-state index is 0.371. The van der Waals surface area contributed by atoms with Gasteiger partial charge in [-0.15, -0.1) is 0 Å². The molecular weight excluding hydrogens is 411 g/mol. The highest BCUT2D eigenvalue weighted by Crippen LogP contribution is 2.34. The summed E-state index contributed by atoms with van der Waals surface area (Å²) >= 11 is 17.9. The Labute approximate surface area is 138 Å². The third-order valence-electron chi connectivity index (χ3n) is 2.47. The molecule has 0 bridgehead atoms. The van der Waals surface area contributed by atoms with E-state index < -0.39 is 0 Å². The fourth-order valence-electron chi connectivity index (χ4n) is 1.52. The zero-order valence-electron chi connectivity index (χ0n) is 9.58. The summed E-state index contributed by atoms with van der Waals surface area (Å²) in [6.07, 6.45) is 0. The monoisotopic (exact) mass is 418 g/mol. The number of benzene rings is 2. The fraction of sp³-hybridized carbons (Fsp3) is 0. The predicted octanol–water partition coefficient (Wildman–Crippen LogP) is 5.24. The zero-order valence-corrected chi connectivity index (χ0v) is 14.3. The molecule has 19 heavy (non-hydrogen) atoms. The molecule has 0 unspecified atom stereocenters. The van der Waals surface area contributed by atoms with Crippen LogP contribution in [0.25, 0.3) is 0 Å². The second-order valence-corrected chi connectivity index (χ2v) is 6.28. The highest BCUT2D eigenvalue weighted by Gasteiger charge is 2.07. The van der Waals surface area contributed by atoms with Crippen LogP contribution in [0, 0.1) is 0 Å². The van der Waals surface area contributed by atoms with Crippen molar-refractivity contribution in [2.24, 2.45) is 5.73 Å². The third-order valence-corrected chi connectivity index (χ3v) is 4.76. The normalized spacial score (nSPS) is 10.3. The van der Waals surface area contributed by atoms with Crippen LogP contribution in [0.5, 0.6) is 0 Å². The maximum absolute atomic E-state index is 6.05. The Morgan fingerprint density at radius 1 is 1.16 bits per heavy atom. The number of nitrogens with one attached hydrogen (secondary N) is 1. The van der Waals surface area contributed by atoms with Crippen LogP contribution >= 0.6 is 55.7 Å². The van der Waals surface area contributed by atoms with Crippen molar-refractivity contribution in [1.29, 1.82) is 0 Å². The minimum absolute atomic E-state index is 0.371. The molecule has 98 valence electrons. The molecule has 2 rings (SSSR count). The molecule has 0 radical (unpaired) electrons. The average Bonchev–Trinajstić information content (AvgIpc) is 2.37. The molecule has 3 N–H and O–H groups in total. The summed E-state index contributed by atoms with van der Waals surface area (Å²) in [5, 5.41) is 3.94. The average molecular weight is 421 g/mol. The Hall–Kier alpha value is -0.620. The van der Waals surface area contributed by atoms with E-state index >= 15 is 0 Å². The maximum Gasteiger partial charge on any atom is 0.104 e. The van der Waals surface area contributed by atoms with E-state index in [1.165, 1.54) is 0 Å². The molecule has 2 nitrogen and oxygen atoms in total. The van der Waals surface area contributed by atoms with Crippen LogP contribution in [0.15, 0.2) is 45.3 Å².